The fourth-order valence-electron chi connectivity index (χ4n) is 3.44. The first-order chi connectivity index (χ1) is 7.75. The van der Waals surface area contributed by atoms with Gasteiger partial charge in [-0.15, -0.1) is 0 Å². The summed E-state index contributed by atoms with van der Waals surface area (Å²) in [4.78, 5) is 2.65. The Balaban J connectivity index is 1.90. The summed E-state index contributed by atoms with van der Waals surface area (Å²) in [6, 6.07) is 9.78. The number of nitrogens with zero attached hydrogens (tertiary/aromatic N) is 1. The van der Waals surface area contributed by atoms with E-state index in [9.17, 15) is 0 Å². The summed E-state index contributed by atoms with van der Waals surface area (Å²) in [5, 5.41) is 0. The second-order valence-corrected chi connectivity index (χ2v) is 5.65. The molecule has 1 aromatic rings. The van der Waals surface area contributed by atoms with Crippen LogP contribution in [-0.2, 0) is 6.42 Å². The van der Waals surface area contributed by atoms with Crippen LogP contribution in [0.25, 0.3) is 0 Å². The molecule has 2 atom stereocenters. The molecule has 0 amide bonds. The molecule has 86 valence electrons. The quantitative estimate of drug-likeness (QED) is 0.696. The van der Waals surface area contributed by atoms with Crippen LogP contribution in [0.1, 0.15) is 37.3 Å². The van der Waals surface area contributed by atoms with Crippen LogP contribution >= 0.6 is 0 Å². The highest BCUT2D eigenvalue weighted by Crippen LogP contribution is 2.41. The molecule has 0 N–H and O–H groups in total. The van der Waals surface area contributed by atoms with E-state index in [0.29, 0.717) is 6.04 Å². The van der Waals surface area contributed by atoms with Crippen molar-refractivity contribution in [2.24, 2.45) is 5.92 Å². The number of benzene rings is 1. The van der Waals surface area contributed by atoms with Gasteiger partial charge >= 0.3 is 0 Å². The third-order valence-corrected chi connectivity index (χ3v) is 4.44. The maximum atomic E-state index is 2.65. The lowest BCUT2D eigenvalue weighted by Gasteiger charge is -2.27. The zero-order chi connectivity index (χ0) is 11.1. The van der Waals surface area contributed by atoms with Gasteiger partial charge in [-0.2, -0.15) is 0 Å². The number of hydrogen-bond acceptors (Lipinski definition) is 1. The molecule has 2 unspecified atom stereocenters. The Kier molecular flexibility index (Phi) is 2.51. The normalized spacial score (nSPS) is 29.2. The summed E-state index contributed by atoms with van der Waals surface area (Å²) < 4.78 is 0. The standard InChI is InChI=1S/C15H21N/c1-11(2)16-9-13-8-7-12-5-3-4-6-14(12)15(13)10-16/h3-6,11,13,15H,7-10H2,1-2H3. The van der Waals surface area contributed by atoms with Gasteiger partial charge in [0.1, 0.15) is 0 Å². The van der Waals surface area contributed by atoms with Gasteiger partial charge in [0.25, 0.3) is 0 Å². The van der Waals surface area contributed by atoms with Crippen molar-refractivity contribution >= 4 is 0 Å². The van der Waals surface area contributed by atoms with Gasteiger partial charge in [-0.05, 0) is 43.7 Å². The number of fused-ring (bicyclic) bond motifs is 3. The fraction of sp³-hybridized carbons (Fsp3) is 0.600. The highest BCUT2D eigenvalue weighted by molar-refractivity contribution is 5.34. The number of rotatable bonds is 1. The van der Waals surface area contributed by atoms with Crippen LogP contribution in [0.4, 0.5) is 0 Å². The smallest absolute Gasteiger partial charge is 0.00563 e. The van der Waals surface area contributed by atoms with E-state index in [1.807, 2.05) is 0 Å². The van der Waals surface area contributed by atoms with Crippen molar-refractivity contribution in [2.75, 3.05) is 13.1 Å². The van der Waals surface area contributed by atoms with E-state index in [1.165, 1.54) is 25.9 Å². The molecule has 1 heteroatoms. The van der Waals surface area contributed by atoms with Gasteiger partial charge in [-0.25, -0.2) is 0 Å². The molecule has 1 fully saturated rings. The van der Waals surface area contributed by atoms with E-state index in [1.54, 1.807) is 11.1 Å². The minimum absolute atomic E-state index is 0.706. The number of likely N-dealkylation sites (tertiary alicyclic amines) is 1. The monoisotopic (exact) mass is 215 g/mol. The lowest BCUT2D eigenvalue weighted by Crippen LogP contribution is -2.28. The van der Waals surface area contributed by atoms with Crippen molar-refractivity contribution < 1.29 is 0 Å². The number of aryl methyl sites for hydroxylation is 1. The van der Waals surface area contributed by atoms with Crippen LogP contribution in [0.2, 0.25) is 0 Å². The third kappa shape index (κ3) is 1.58. The Hall–Kier alpha value is -0.820. The first-order valence-electron chi connectivity index (χ1n) is 6.57. The lowest BCUT2D eigenvalue weighted by molar-refractivity contribution is 0.263. The van der Waals surface area contributed by atoms with Crippen molar-refractivity contribution in [3.63, 3.8) is 0 Å². The highest BCUT2D eigenvalue weighted by Gasteiger charge is 2.37. The molecule has 1 saturated heterocycles. The molecular formula is C15H21N. The average Bonchev–Trinajstić information content (AvgIpc) is 2.73. The van der Waals surface area contributed by atoms with Gasteiger partial charge in [0.05, 0.1) is 0 Å². The van der Waals surface area contributed by atoms with Gasteiger partial charge in [-0.3, -0.25) is 0 Å². The van der Waals surface area contributed by atoms with E-state index in [0.717, 1.165) is 11.8 Å². The molecule has 0 bridgehead atoms. The molecule has 1 aliphatic carbocycles. The van der Waals surface area contributed by atoms with Gasteiger partial charge in [-0.1, -0.05) is 24.3 Å². The van der Waals surface area contributed by atoms with Crippen LogP contribution in [0.15, 0.2) is 24.3 Å². The summed E-state index contributed by atoms with van der Waals surface area (Å²) in [6.07, 6.45) is 2.69. The van der Waals surface area contributed by atoms with Crippen molar-refractivity contribution in [3.8, 4) is 0 Å². The van der Waals surface area contributed by atoms with Crippen LogP contribution in [-0.4, -0.2) is 24.0 Å². The predicted molar refractivity (Wildman–Crippen MR) is 67.7 cm³/mol. The summed E-state index contributed by atoms with van der Waals surface area (Å²) in [7, 11) is 0. The van der Waals surface area contributed by atoms with Crippen LogP contribution in [0.3, 0.4) is 0 Å². The van der Waals surface area contributed by atoms with Crippen molar-refractivity contribution in [1.29, 1.82) is 0 Å². The molecule has 0 spiro atoms. The summed E-state index contributed by atoms with van der Waals surface area (Å²) >= 11 is 0. The van der Waals surface area contributed by atoms with Crippen LogP contribution in [0.5, 0.6) is 0 Å². The highest BCUT2D eigenvalue weighted by atomic mass is 15.2. The molecule has 16 heavy (non-hydrogen) atoms. The molecule has 1 nitrogen and oxygen atoms in total. The molecular weight excluding hydrogens is 194 g/mol. The predicted octanol–water partition coefficient (Wildman–Crippen LogP) is 3.06. The average molecular weight is 215 g/mol. The fourth-order valence-corrected chi connectivity index (χ4v) is 3.44. The Morgan fingerprint density at radius 3 is 2.81 bits per heavy atom. The van der Waals surface area contributed by atoms with Crippen molar-refractivity contribution in [3.05, 3.63) is 35.4 Å². The minimum Gasteiger partial charge on any atom is -0.300 e. The zero-order valence-electron chi connectivity index (χ0n) is 10.3. The van der Waals surface area contributed by atoms with Crippen molar-refractivity contribution in [1.82, 2.24) is 4.90 Å². The second-order valence-electron chi connectivity index (χ2n) is 5.65. The minimum atomic E-state index is 0.706. The molecule has 0 saturated carbocycles. The zero-order valence-corrected chi connectivity index (χ0v) is 10.3. The molecule has 3 rings (SSSR count). The Labute approximate surface area is 98.5 Å². The van der Waals surface area contributed by atoms with Gasteiger partial charge in [0, 0.05) is 25.0 Å². The van der Waals surface area contributed by atoms with E-state index < -0.39 is 0 Å². The summed E-state index contributed by atoms with van der Waals surface area (Å²) in [5.41, 5.74) is 3.25. The van der Waals surface area contributed by atoms with Crippen LogP contribution < -0.4 is 0 Å². The maximum Gasteiger partial charge on any atom is 0.00563 e. The first kappa shape index (κ1) is 10.3. The molecule has 1 aromatic carbocycles. The molecule has 0 aromatic heterocycles. The summed E-state index contributed by atoms with van der Waals surface area (Å²) in [6.45, 7) is 7.24. The molecule has 1 aliphatic heterocycles. The Morgan fingerprint density at radius 1 is 1.19 bits per heavy atom. The van der Waals surface area contributed by atoms with E-state index in [2.05, 4.69) is 43.0 Å². The molecule has 2 aliphatic rings. The maximum absolute atomic E-state index is 2.65. The topological polar surface area (TPSA) is 3.24 Å². The molecule has 0 radical (unpaired) electrons. The largest absolute Gasteiger partial charge is 0.300 e. The van der Waals surface area contributed by atoms with Gasteiger partial charge in [0.2, 0.25) is 0 Å². The molecule has 1 heterocycles. The SMILES string of the molecule is CC(C)N1CC2CCc3ccccc3C2C1. The summed E-state index contributed by atoms with van der Waals surface area (Å²) in [5.74, 6) is 1.73. The Bertz CT molecular complexity index is 383. The first-order valence-corrected chi connectivity index (χ1v) is 6.57. The lowest BCUT2D eigenvalue weighted by atomic mass is 9.77. The van der Waals surface area contributed by atoms with Gasteiger partial charge < -0.3 is 4.90 Å². The Morgan fingerprint density at radius 2 is 2.00 bits per heavy atom. The third-order valence-electron chi connectivity index (χ3n) is 4.44. The van der Waals surface area contributed by atoms with Crippen LogP contribution in [0, 0.1) is 5.92 Å². The number of hydrogen-bond donors (Lipinski definition) is 0. The van der Waals surface area contributed by atoms with Crippen molar-refractivity contribution in [2.45, 2.75) is 38.6 Å². The second kappa shape index (κ2) is 3.89. The van der Waals surface area contributed by atoms with E-state index >= 15 is 0 Å². The van der Waals surface area contributed by atoms with E-state index in [4.69, 9.17) is 0 Å². The van der Waals surface area contributed by atoms with E-state index in [-0.39, 0.29) is 0 Å². The van der Waals surface area contributed by atoms with Gasteiger partial charge in [0.15, 0.2) is 0 Å².